The zero-order chi connectivity index (χ0) is 29.2. The van der Waals surface area contributed by atoms with Crippen molar-refractivity contribution in [3.8, 4) is 11.4 Å². The molecule has 0 amide bonds. The molecule has 0 bridgehead atoms. The molecular weight excluding hydrogens is 549 g/mol. The molecule has 15 heteroatoms. The molecule has 0 aliphatic rings. The highest BCUT2D eigenvalue weighted by Crippen LogP contribution is 2.32. The number of nitrogens with zero attached hydrogens (tertiary/aromatic N) is 4. The zero-order valence-electron chi connectivity index (χ0n) is 20.6. The first-order valence-corrected chi connectivity index (χ1v) is 11.8. The Labute approximate surface area is 220 Å². The number of nitrogens with one attached hydrogen (secondary N) is 2. The van der Waals surface area contributed by atoms with E-state index < -0.39 is 66.0 Å². The van der Waals surface area contributed by atoms with Crippen molar-refractivity contribution in [1.82, 2.24) is 24.7 Å². The Balaban J connectivity index is 1.51. The number of H-pyrrole nitrogens is 1. The molecule has 40 heavy (non-hydrogen) atoms. The van der Waals surface area contributed by atoms with Crippen molar-refractivity contribution in [3.63, 3.8) is 0 Å². The van der Waals surface area contributed by atoms with Crippen molar-refractivity contribution in [1.29, 1.82) is 0 Å². The predicted molar refractivity (Wildman–Crippen MR) is 131 cm³/mol. The molecule has 0 saturated carbocycles. The minimum Gasteiger partial charge on any atom is -0.381 e. The minimum absolute atomic E-state index is 0.0793. The SMILES string of the molecule is C[C@H](C[C@H](F)Cn1ccc2cc(-c3ncc([C@H](F)CF)cn3)c(F)cc2c1=O)Nc1cn[nH]c(=O)c1C(F)(F)F. The first kappa shape index (κ1) is 28.7. The van der Waals surface area contributed by atoms with Crippen LogP contribution in [0.2, 0.25) is 0 Å². The maximum Gasteiger partial charge on any atom is 0.423 e. The third-order valence-electron chi connectivity index (χ3n) is 6.02. The Bertz CT molecular complexity index is 1620. The first-order chi connectivity index (χ1) is 18.9. The van der Waals surface area contributed by atoms with Gasteiger partial charge in [0.1, 0.15) is 24.2 Å². The molecule has 4 rings (SSSR count). The molecule has 8 nitrogen and oxygen atoms in total. The summed E-state index contributed by atoms with van der Waals surface area (Å²) in [6.07, 6.45) is -4.82. The summed E-state index contributed by atoms with van der Waals surface area (Å²) in [5, 5.41) is 7.67. The van der Waals surface area contributed by atoms with Gasteiger partial charge >= 0.3 is 6.18 Å². The van der Waals surface area contributed by atoms with Crippen LogP contribution in [-0.2, 0) is 12.7 Å². The molecule has 0 saturated heterocycles. The molecule has 0 aliphatic carbocycles. The van der Waals surface area contributed by atoms with Crippen LogP contribution in [0.3, 0.4) is 0 Å². The van der Waals surface area contributed by atoms with E-state index in [9.17, 15) is 40.3 Å². The number of alkyl halides is 6. The van der Waals surface area contributed by atoms with Crippen molar-refractivity contribution >= 4 is 16.5 Å². The lowest BCUT2D eigenvalue weighted by atomic mass is 10.1. The average molecular weight is 570 g/mol. The first-order valence-electron chi connectivity index (χ1n) is 11.8. The van der Waals surface area contributed by atoms with E-state index in [1.54, 1.807) is 5.10 Å². The maximum atomic E-state index is 14.9. The molecule has 3 aromatic heterocycles. The van der Waals surface area contributed by atoms with E-state index in [0.29, 0.717) is 0 Å². The molecule has 2 N–H and O–H groups in total. The van der Waals surface area contributed by atoms with E-state index in [1.807, 2.05) is 0 Å². The van der Waals surface area contributed by atoms with Crippen LogP contribution >= 0.6 is 0 Å². The fourth-order valence-corrected chi connectivity index (χ4v) is 4.13. The molecule has 1 aromatic carbocycles. The number of aromatic nitrogens is 5. The van der Waals surface area contributed by atoms with Crippen LogP contribution in [0.15, 0.2) is 52.6 Å². The number of hydrogen-bond acceptors (Lipinski definition) is 6. The second-order valence-electron chi connectivity index (χ2n) is 9.02. The predicted octanol–water partition coefficient (Wildman–Crippen LogP) is 4.91. The van der Waals surface area contributed by atoms with Crippen molar-refractivity contribution in [2.75, 3.05) is 12.0 Å². The van der Waals surface area contributed by atoms with Gasteiger partial charge in [0, 0.05) is 36.6 Å². The van der Waals surface area contributed by atoms with E-state index in [1.165, 1.54) is 25.3 Å². The standard InChI is InChI=1S/C25H21F7N6O2/c1-12(36-20-10-35-37-23(39)21(20)25(30,31)32)4-15(27)11-38-3-2-13-5-17(18(28)6-16(13)24(38)40)22-33-8-14(9-34-22)19(29)7-26/h2-3,5-6,8-10,12,15,19H,4,7,11H2,1H3,(H2,36,37,39)/t12-,15+,19-/m1/s1. The number of rotatable bonds is 9. The molecular formula is C25H21F7N6O2. The number of anilines is 1. The van der Waals surface area contributed by atoms with Crippen LogP contribution in [0.5, 0.6) is 0 Å². The Morgan fingerprint density at radius 2 is 1.80 bits per heavy atom. The van der Waals surface area contributed by atoms with Crippen molar-refractivity contribution in [2.24, 2.45) is 0 Å². The zero-order valence-corrected chi connectivity index (χ0v) is 20.6. The third-order valence-corrected chi connectivity index (χ3v) is 6.02. The average Bonchev–Trinajstić information content (AvgIpc) is 2.89. The summed E-state index contributed by atoms with van der Waals surface area (Å²) in [7, 11) is 0. The Morgan fingerprint density at radius 1 is 1.10 bits per heavy atom. The van der Waals surface area contributed by atoms with Gasteiger partial charge in [-0.15, -0.1) is 0 Å². The van der Waals surface area contributed by atoms with Crippen molar-refractivity contribution < 1.29 is 30.7 Å². The highest BCUT2D eigenvalue weighted by Gasteiger charge is 2.37. The molecule has 3 atom stereocenters. The van der Waals surface area contributed by atoms with Crippen molar-refractivity contribution in [3.05, 3.63) is 80.6 Å². The minimum atomic E-state index is -4.97. The van der Waals surface area contributed by atoms with E-state index in [4.69, 9.17) is 0 Å². The van der Waals surface area contributed by atoms with Gasteiger partial charge in [0.25, 0.3) is 11.1 Å². The summed E-state index contributed by atoms with van der Waals surface area (Å²) in [4.78, 5) is 32.2. The van der Waals surface area contributed by atoms with E-state index in [-0.39, 0.29) is 34.1 Å². The fourth-order valence-electron chi connectivity index (χ4n) is 4.13. The third kappa shape index (κ3) is 6.13. The van der Waals surface area contributed by atoms with Gasteiger partial charge in [0.05, 0.1) is 29.4 Å². The number of aromatic amines is 1. The van der Waals surface area contributed by atoms with Crippen LogP contribution in [0.25, 0.3) is 22.2 Å². The van der Waals surface area contributed by atoms with Gasteiger partial charge in [-0.1, -0.05) is 0 Å². The van der Waals surface area contributed by atoms with Gasteiger partial charge < -0.3 is 9.88 Å². The molecule has 0 spiro atoms. The van der Waals surface area contributed by atoms with E-state index in [2.05, 4.69) is 20.4 Å². The molecule has 0 aliphatic heterocycles. The molecule has 0 unspecified atom stereocenters. The van der Waals surface area contributed by atoms with Crippen LogP contribution in [0.4, 0.5) is 36.4 Å². The second-order valence-corrected chi connectivity index (χ2v) is 9.02. The Morgan fingerprint density at radius 3 is 2.45 bits per heavy atom. The number of fused-ring (bicyclic) bond motifs is 1. The fraction of sp³-hybridized carbons (Fsp3) is 0.320. The molecule has 0 radical (unpaired) electrons. The summed E-state index contributed by atoms with van der Waals surface area (Å²) in [6, 6.07) is 2.76. The Hall–Kier alpha value is -4.30. The quantitative estimate of drug-likeness (QED) is 0.277. The molecule has 0 fully saturated rings. The summed E-state index contributed by atoms with van der Waals surface area (Å²) in [6.45, 7) is -0.347. The van der Waals surface area contributed by atoms with Gasteiger partial charge in [-0.25, -0.2) is 32.6 Å². The summed E-state index contributed by atoms with van der Waals surface area (Å²) >= 11 is 0. The molecule has 4 aromatic rings. The van der Waals surface area contributed by atoms with Gasteiger partial charge in [0.15, 0.2) is 12.0 Å². The largest absolute Gasteiger partial charge is 0.423 e. The van der Waals surface area contributed by atoms with E-state index in [0.717, 1.165) is 29.2 Å². The van der Waals surface area contributed by atoms with Gasteiger partial charge in [0.2, 0.25) is 0 Å². The smallest absolute Gasteiger partial charge is 0.381 e. The lowest BCUT2D eigenvalue weighted by Crippen LogP contribution is -2.30. The van der Waals surface area contributed by atoms with Crippen LogP contribution < -0.4 is 16.4 Å². The molecule has 3 heterocycles. The van der Waals surface area contributed by atoms with Crippen molar-refractivity contribution in [2.45, 2.75) is 44.5 Å². The van der Waals surface area contributed by atoms with Gasteiger partial charge in [-0.05, 0) is 30.5 Å². The lowest BCUT2D eigenvalue weighted by Gasteiger charge is -2.20. The van der Waals surface area contributed by atoms with Crippen LogP contribution in [-0.4, -0.2) is 43.6 Å². The van der Waals surface area contributed by atoms with Crippen LogP contribution in [0, 0.1) is 5.82 Å². The van der Waals surface area contributed by atoms with Gasteiger partial charge in [-0.3, -0.25) is 9.59 Å². The highest BCUT2D eigenvalue weighted by molar-refractivity contribution is 5.86. The lowest BCUT2D eigenvalue weighted by molar-refractivity contribution is -0.138. The van der Waals surface area contributed by atoms with E-state index >= 15 is 0 Å². The summed E-state index contributed by atoms with van der Waals surface area (Å²) in [5.74, 6) is -0.994. The monoisotopic (exact) mass is 570 g/mol. The maximum absolute atomic E-state index is 14.9. The van der Waals surface area contributed by atoms with Gasteiger partial charge in [-0.2, -0.15) is 18.3 Å². The summed E-state index contributed by atoms with van der Waals surface area (Å²) in [5.41, 5.74) is -4.49. The normalized spacial score (nSPS) is 14.2. The van der Waals surface area contributed by atoms with Crippen LogP contribution in [0.1, 0.15) is 30.6 Å². The topological polar surface area (TPSA) is 106 Å². The number of pyridine rings is 1. The number of benzene rings is 1. The highest BCUT2D eigenvalue weighted by atomic mass is 19.4. The summed E-state index contributed by atoms with van der Waals surface area (Å²) < 4.78 is 96.4. The molecule has 212 valence electrons. The Kier molecular flexibility index (Phi) is 8.21. The number of hydrogen-bond donors (Lipinski definition) is 2. The second kappa shape index (κ2) is 11.4. The number of halogens is 7.